The van der Waals surface area contributed by atoms with Crippen LogP contribution in [0.15, 0.2) is 42.7 Å². The first-order valence-electron chi connectivity index (χ1n) is 6.15. The SMILES string of the molecule is COC(=O)c1cncc(OC(C)c2cccc(N)c2)c1. The van der Waals surface area contributed by atoms with Crippen LogP contribution in [-0.2, 0) is 4.74 Å². The molecule has 5 heteroatoms. The number of hydrogen-bond donors (Lipinski definition) is 1. The molecule has 1 atom stereocenters. The first-order chi connectivity index (χ1) is 9.60. The van der Waals surface area contributed by atoms with Crippen molar-refractivity contribution >= 4 is 11.7 Å². The highest BCUT2D eigenvalue weighted by Gasteiger charge is 2.11. The average Bonchev–Trinajstić information content (AvgIpc) is 2.46. The van der Waals surface area contributed by atoms with Gasteiger partial charge >= 0.3 is 5.97 Å². The number of nitrogen functional groups attached to an aromatic ring is 1. The first kappa shape index (κ1) is 13.9. The molecule has 1 aromatic heterocycles. The predicted octanol–water partition coefficient (Wildman–Crippen LogP) is 2.59. The fourth-order valence-electron chi connectivity index (χ4n) is 1.80. The van der Waals surface area contributed by atoms with Gasteiger partial charge in [-0.3, -0.25) is 4.98 Å². The fraction of sp³-hybridized carbons (Fsp3) is 0.200. The van der Waals surface area contributed by atoms with Crippen molar-refractivity contribution in [2.75, 3.05) is 12.8 Å². The lowest BCUT2D eigenvalue weighted by atomic mass is 10.1. The van der Waals surface area contributed by atoms with Gasteiger partial charge in [-0.05, 0) is 30.7 Å². The maximum Gasteiger partial charge on any atom is 0.339 e. The number of nitrogens with zero attached hydrogens (tertiary/aromatic N) is 1. The summed E-state index contributed by atoms with van der Waals surface area (Å²) in [5.74, 6) is 0.0578. The zero-order chi connectivity index (χ0) is 14.5. The number of pyridine rings is 1. The molecule has 2 aromatic rings. The van der Waals surface area contributed by atoms with Gasteiger partial charge < -0.3 is 15.2 Å². The van der Waals surface area contributed by atoms with E-state index in [4.69, 9.17) is 10.5 Å². The van der Waals surface area contributed by atoms with Crippen molar-refractivity contribution < 1.29 is 14.3 Å². The Balaban J connectivity index is 2.15. The summed E-state index contributed by atoms with van der Waals surface area (Å²) in [6.07, 6.45) is 2.78. The van der Waals surface area contributed by atoms with E-state index in [-0.39, 0.29) is 6.10 Å². The molecular weight excluding hydrogens is 256 g/mol. The van der Waals surface area contributed by atoms with Crippen LogP contribution >= 0.6 is 0 Å². The van der Waals surface area contributed by atoms with Crippen molar-refractivity contribution in [3.05, 3.63) is 53.9 Å². The van der Waals surface area contributed by atoms with Crippen LogP contribution in [0.4, 0.5) is 5.69 Å². The van der Waals surface area contributed by atoms with Gasteiger partial charge in [0.1, 0.15) is 11.9 Å². The summed E-state index contributed by atoms with van der Waals surface area (Å²) in [6.45, 7) is 1.90. The zero-order valence-electron chi connectivity index (χ0n) is 11.4. The van der Waals surface area contributed by atoms with Crippen molar-refractivity contribution in [1.29, 1.82) is 0 Å². The number of benzene rings is 1. The number of nitrogens with two attached hydrogens (primary N) is 1. The van der Waals surface area contributed by atoms with E-state index in [1.165, 1.54) is 13.3 Å². The van der Waals surface area contributed by atoms with E-state index < -0.39 is 5.97 Å². The molecule has 0 amide bonds. The van der Waals surface area contributed by atoms with E-state index in [1.54, 1.807) is 12.3 Å². The lowest BCUT2D eigenvalue weighted by Crippen LogP contribution is -2.06. The van der Waals surface area contributed by atoms with Gasteiger partial charge in [0.25, 0.3) is 0 Å². The lowest BCUT2D eigenvalue weighted by Gasteiger charge is -2.15. The van der Waals surface area contributed by atoms with Gasteiger partial charge in [0, 0.05) is 11.9 Å². The molecule has 0 bridgehead atoms. The van der Waals surface area contributed by atoms with Crippen molar-refractivity contribution in [3.8, 4) is 5.75 Å². The molecule has 0 aliphatic rings. The molecule has 0 aliphatic heterocycles. The van der Waals surface area contributed by atoms with E-state index in [2.05, 4.69) is 9.72 Å². The van der Waals surface area contributed by atoms with Gasteiger partial charge in [-0.25, -0.2) is 4.79 Å². The smallest absolute Gasteiger partial charge is 0.339 e. The van der Waals surface area contributed by atoms with E-state index in [9.17, 15) is 4.79 Å². The summed E-state index contributed by atoms with van der Waals surface area (Å²) < 4.78 is 10.4. The number of aromatic nitrogens is 1. The average molecular weight is 272 g/mol. The molecule has 20 heavy (non-hydrogen) atoms. The van der Waals surface area contributed by atoms with E-state index >= 15 is 0 Å². The molecule has 0 radical (unpaired) electrons. The highest BCUT2D eigenvalue weighted by atomic mass is 16.5. The summed E-state index contributed by atoms with van der Waals surface area (Å²) >= 11 is 0. The first-order valence-corrected chi connectivity index (χ1v) is 6.15. The summed E-state index contributed by atoms with van der Waals surface area (Å²) in [4.78, 5) is 15.4. The summed E-state index contributed by atoms with van der Waals surface area (Å²) in [6, 6.07) is 9.06. The normalized spacial score (nSPS) is 11.7. The number of methoxy groups -OCH3 is 1. The van der Waals surface area contributed by atoms with Crippen LogP contribution in [0.25, 0.3) is 0 Å². The topological polar surface area (TPSA) is 74.4 Å². The van der Waals surface area contributed by atoms with E-state index in [0.29, 0.717) is 17.0 Å². The third kappa shape index (κ3) is 3.26. The Hall–Kier alpha value is -2.56. The minimum absolute atomic E-state index is 0.201. The number of esters is 1. The summed E-state index contributed by atoms with van der Waals surface area (Å²) in [5, 5.41) is 0. The third-order valence-corrected chi connectivity index (χ3v) is 2.83. The number of carbonyl (C=O) groups is 1. The molecule has 1 heterocycles. The molecule has 1 aromatic carbocycles. The number of anilines is 1. The van der Waals surface area contributed by atoms with Gasteiger partial charge in [-0.2, -0.15) is 0 Å². The summed E-state index contributed by atoms with van der Waals surface area (Å²) in [5.41, 5.74) is 7.73. The molecule has 0 aliphatic carbocycles. The maximum atomic E-state index is 11.4. The van der Waals surface area contributed by atoms with Crippen molar-refractivity contribution in [2.24, 2.45) is 0 Å². The van der Waals surface area contributed by atoms with Crippen molar-refractivity contribution in [1.82, 2.24) is 4.98 Å². The predicted molar refractivity (Wildman–Crippen MR) is 75.5 cm³/mol. The fourth-order valence-corrected chi connectivity index (χ4v) is 1.80. The Morgan fingerprint density at radius 1 is 1.30 bits per heavy atom. The largest absolute Gasteiger partial charge is 0.484 e. The van der Waals surface area contributed by atoms with Gasteiger partial charge in [-0.15, -0.1) is 0 Å². The van der Waals surface area contributed by atoms with Crippen LogP contribution in [0.2, 0.25) is 0 Å². The molecule has 104 valence electrons. The highest BCUT2D eigenvalue weighted by Crippen LogP contribution is 2.23. The van der Waals surface area contributed by atoms with Gasteiger partial charge in [-0.1, -0.05) is 12.1 Å². The number of rotatable bonds is 4. The van der Waals surface area contributed by atoms with Crippen LogP contribution in [0, 0.1) is 0 Å². The zero-order valence-corrected chi connectivity index (χ0v) is 11.4. The molecule has 0 saturated heterocycles. The Kier molecular flexibility index (Phi) is 4.20. The van der Waals surface area contributed by atoms with Crippen LogP contribution in [0.3, 0.4) is 0 Å². The lowest BCUT2D eigenvalue weighted by molar-refractivity contribution is 0.0599. The van der Waals surface area contributed by atoms with Crippen LogP contribution < -0.4 is 10.5 Å². The number of hydrogen-bond acceptors (Lipinski definition) is 5. The van der Waals surface area contributed by atoms with E-state index in [1.807, 2.05) is 31.2 Å². The molecule has 0 saturated carbocycles. The Morgan fingerprint density at radius 3 is 2.80 bits per heavy atom. The number of carbonyl (C=O) groups excluding carboxylic acids is 1. The Labute approximate surface area is 117 Å². The van der Waals surface area contributed by atoms with Gasteiger partial charge in [0.15, 0.2) is 0 Å². The van der Waals surface area contributed by atoms with Crippen LogP contribution in [0.5, 0.6) is 5.75 Å². The minimum Gasteiger partial charge on any atom is -0.484 e. The second-order valence-electron chi connectivity index (χ2n) is 4.33. The number of ether oxygens (including phenoxy) is 2. The van der Waals surface area contributed by atoms with E-state index in [0.717, 1.165) is 5.56 Å². The molecule has 2 N–H and O–H groups in total. The maximum absolute atomic E-state index is 11.4. The van der Waals surface area contributed by atoms with Crippen molar-refractivity contribution in [3.63, 3.8) is 0 Å². The molecule has 0 spiro atoms. The summed E-state index contributed by atoms with van der Waals surface area (Å²) in [7, 11) is 1.32. The molecule has 2 rings (SSSR count). The minimum atomic E-state index is -0.445. The molecule has 5 nitrogen and oxygen atoms in total. The molecule has 0 fully saturated rings. The Bertz CT molecular complexity index is 614. The quantitative estimate of drug-likeness (QED) is 0.684. The van der Waals surface area contributed by atoms with Gasteiger partial charge in [0.2, 0.25) is 0 Å². The second kappa shape index (κ2) is 6.06. The standard InChI is InChI=1S/C15H16N2O3/c1-10(11-4-3-5-13(16)6-11)20-14-7-12(8-17-9-14)15(18)19-2/h3-10H,16H2,1-2H3. The highest BCUT2D eigenvalue weighted by molar-refractivity contribution is 5.89. The van der Waals surface area contributed by atoms with Gasteiger partial charge in [0.05, 0.1) is 18.9 Å². The monoisotopic (exact) mass is 272 g/mol. The third-order valence-electron chi connectivity index (χ3n) is 2.83. The van der Waals surface area contributed by atoms with Crippen LogP contribution in [0.1, 0.15) is 28.9 Å². The second-order valence-corrected chi connectivity index (χ2v) is 4.33. The Morgan fingerprint density at radius 2 is 2.10 bits per heavy atom. The molecule has 1 unspecified atom stereocenters. The van der Waals surface area contributed by atoms with Crippen molar-refractivity contribution in [2.45, 2.75) is 13.0 Å². The van der Waals surface area contributed by atoms with Crippen LogP contribution in [-0.4, -0.2) is 18.1 Å². The molecular formula is C15H16N2O3.